The molecule has 0 aromatic heterocycles. The summed E-state index contributed by atoms with van der Waals surface area (Å²) in [5.74, 6) is 0.955. The molecule has 1 atom stereocenters. The summed E-state index contributed by atoms with van der Waals surface area (Å²) in [6.45, 7) is 4.29. The second-order valence-corrected chi connectivity index (χ2v) is 7.06. The first-order valence-corrected chi connectivity index (χ1v) is 9.37. The van der Waals surface area contributed by atoms with Crippen molar-refractivity contribution in [2.75, 3.05) is 13.9 Å². The normalized spacial score (nSPS) is 16.4. The molecule has 3 rings (SSSR count). The highest BCUT2D eigenvalue weighted by Gasteiger charge is 2.27. The number of rotatable bonds is 7. The molecular weight excluding hydrogens is 380 g/mol. The van der Waals surface area contributed by atoms with Crippen molar-refractivity contribution in [3.63, 3.8) is 0 Å². The van der Waals surface area contributed by atoms with Gasteiger partial charge >= 0.3 is 0 Å². The smallest absolute Gasteiger partial charge is 0.240 e. The zero-order chi connectivity index (χ0) is 20.1. The van der Waals surface area contributed by atoms with Gasteiger partial charge in [0.15, 0.2) is 6.79 Å². The van der Waals surface area contributed by atoms with Gasteiger partial charge in [-0.05, 0) is 18.6 Å². The van der Waals surface area contributed by atoms with Gasteiger partial charge in [0.1, 0.15) is 18.1 Å². The fourth-order valence-corrected chi connectivity index (χ4v) is 3.43. The summed E-state index contributed by atoms with van der Waals surface area (Å²) in [5, 5.41) is 4.69. The second kappa shape index (κ2) is 9.08. The van der Waals surface area contributed by atoms with Gasteiger partial charge in [-0.25, -0.2) is 5.43 Å². The molecule has 1 unspecified atom stereocenters. The zero-order valence-corrected chi connectivity index (χ0v) is 16.9. The maximum absolute atomic E-state index is 11.6. The van der Waals surface area contributed by atoms with Gasteiger partial charge in [-0.2, -0.15) is 5.10 Å². The van der Waals surface area contributed by atoms with E-state index < -0.39 is 0 Å². The van der Waals surface area contributed by atoms with Crippen molar-refractivity contribution >= 4 is 23.2 Å². The van der Waals surface area contributed by atoms with E-state index in [0.29, 0.717) is 35.3 Å². The molecule has 1 N–H and O–H groups in total. The number of methoxy groups -OCH3 is 1. The largest absolute Gasteiger partial charge is 0.487 e. The molecule has 0 aliphatic carbocycles. The van der Waals surface area contributed by atoms with Crippen molar-refractivity contribution in [3.05, 3.63) is 58.1 Å². The average Bonchev–Trinajstić information content (AvgIpc) is 2.68. The van der Waals surface area contributed by atoms with Gasteiger partial charge in [-0.1, -0.05) is 48.9 Å². The predicted molar refractivity (Wildman–Crippen MR) is 108 cm³/mol. The van der Waals surface area contributed by atoms with Gasteiger partial charge in [-0.15, -0.1) is 0 Å². The topological polar surface area (TPSA) is 69.2 Å². The van der Waals surface area contributed by atoms with Gasteiger partial charge < -0.3 is 14.2 Å². The lowest BCUT2D eigenvalue weighted by Crippen LogP contribution is -2.32. The van der Waals surface area contributed by atoms with Gasteiger partial charge in [0.25, 0.3) is 0 Å². The van der Waals surface area contributed by atoms with Gasteiger partial charge in [0, 0.05) is 30.6 Å². The third kappa shape index (κ3) is 4.46. The van der Waals surface area contributed by atoms with Crippen LogP contribution in [0, 0.1) is 12.8 Å². The minimum Gasteiger partial charge on any atom is -0.487 e. The summed E-state index contributed by atoms with van der Waals surface area (Å²) < 4.78 is 16.9. The summed E-state index contributed by atoms with van der Waals surface area (Å²) in [5.41, 5.74) is 5.76. The van der Waals surface area contributed by atoms with E-state index in [0.717, 1.165) is 16.7 Å². The molecule has 0 fully saturated rings. The molecule has 7 heteroatoms. The summed E-state index contributed by atoms with van der Waals surface area (Å²) in [6, 6.07) is 11.6. The molecule has 1 heterocycles. The third-order valence-electron chi connectivity index (χ3n) is 4.50. The van der Waals surface area contributed by atoms with E-state index in [2.05, 4.69) is 10.5 Å². The highest BCUT2D eigenvalue weighted by Crippen LogP contribution is 2.40. The Morgan fingerprint density at radius 3 is 2.64 bits per heavy atom. The predicted octanol–water partition coefficient (Wildman–Crippen LogP) is 4.07. The average molecular weight is 403 g/mol. The summed E-state index contributed by atoms with van der Waals surface area (Å²) in [6.07, 6.45) is 0.353. The number of nitrogens with one attached hydrogen (secondary N) is 1. The van der Waals surface area contributed by atoms with Crippen LogP contribution in [0.25, 0.3) is 0 Å². The highest BCUT2D eigenvalue weighted by atomic mass is 35.5. The molecule has 0 saturated heterocycles. The second-order valence-electron chi connectivity index (χ2n) is 6.65. The maximum atomic E-state index is 11.6. The molecule has 6 nitrogen and oxygen atoms in total. The van der Waals surface area contributed by atoms with Crippen molar-refractivity contribution in [2.24, 2.45) is 11.0 Å². The van der Waals surface area contributed by atoms with Crippen LogP contribution >= 0.6 is 11.6 Å². The fourth-order valence-electron chi connectivity index (χ4n) is 3.12. The number of hydrazone groups is 1. The maximum Gasteiger partial charge on any atom is 0.240 e. The van der Waals surface area contributed by atoms with Crippen LogP contribution in [0.4, 0.5) is 0 Å². The van der Waals surface area contributed by atoms with E-state index in [4.69, 9.17) is 25.8 Å². The lowest BCUT2D eigenvalue weighted by molar-refractivity contribution is -0.121. The Labute approximate surface area is 169 Å². The molecule has 0 bridgehead atoms. The first-order chi connectivity index (χ1) is 13.5. The van der Waals surface area contributed by atoms with Crippen molar-refractivity contribution in [1.82, 2.24) is 5.43 Å². The minimum absolute atomic E-state index is 0.0646. The molecule has 2 aromatic rings. The lowest BCUT2D eigenvalue weighted by Gasteiger charge is -2.24. The summed E-state index contributed by atoms with van der Waals surface area (Å²) in [4.78, 5) is 11.6. The van der Waals surface area contributed by atoms with Crippen LogP contribution in [0.15, 0.2) is 41.5 Å². The zero-order valence-electron chi connectivity index (χ0n) is 16.1. The van der Waals surface area contributed by atoms with Crippen LogP contribution in [0.5, 0.6) is 11.5 Å². The number of hydrogen-bond donors (Lipinski definition) is 1. The van der Waals surface area contributed by atoms with E-state index in [1.807, 2.05) is 44.2 Å². The van der Waals surface area contributed by atoms with E-state index in [-0.39, 0.29) is 18.6 Å². The number of halogens is 1. The molecule has 1 aliphatic rings. The number of carbonyl (C=O) groups is 1. The number of nitrogens with zero attached hydrogens (tertiary/aromatic N) is 1. The minimum atomic E-state index is -0.110. The van der Waals surface area contributed by atoms with Crippen molar-refractivity contribution in [3.8, 4) is 11.5 Å². The van der Waals surface area contributed by atoms with E-state index in [1.54, 1.807) is 13.2 Å². The SMILES string of the molecule is COCOc1c(C2=NNC(=O)CC2C)cc(Cl)c(OCc2ccccc2)c1C. The molecular formula is C21H23ClN2O4. The standard InChI is InChI=1S/C21H23ClN2O4/c1-13-9-18(25)23-24-19(13)16-10-17(22)21(14(2)20(16)28-12-26-3)27-11-15-7-5-4-6-8-15/h4-8,10,13H,9,11-12H2,1-3H3,(H,23,25). The summed E-state index contributed by atoms with van der Waals surface area (Å²) >= 11 is 6.55. The Bertz CT molecular complexity index is 884. The molecule has 0 saturated carbocycles. The first kappa shape index (κ1) is 20.2. The molecule has 0 spiro atoms. The molecule has 28 heavy (non-hydrogen) atoms. The van der Waals surface area contributed by atoms with Crippen LogP contribution in [0.1, 0.15) is 30.0 Å². The molecule has 148 valence electrons. The Kier molecular flexibility index (Phi) is 6.54. The Balaban J connectivity index is 1.98. The van der Waals surface area contributed by atoms with Gasteiger partial charge in [0.2, 0.25) is 5.91 Å². The molecule has 0 radical (unpaired) electrons. The Morgan fingerprint density at radius 2 is 1.96 bits per heavy atom. The number of carbonyl (C=O) groups excluding carboxylic acids is 1. The van der Waals surface area contributed by atoms with Crippen molar-refractivity contribution in [2.45, 2.75) is 26.9 Å². The van der Waals surface area contributed by atoms with Crippen LogP contribution in [-0.2, 0) is 16.1 Å². The summed E-state index contributed by atoms with van der Waals surface area (Å²) in [7, 11) is 1.55. The third-order valence-corrected chi connectivity index (χ3v) is 4.78. The van der Waals surface area contributed by atoms with Crippen LogP contribution in [-0.4, -0.2) is 25.5 Å². The molecule has 1 aliphatic heterocycles. The number of hydrogen-bond acceptors (Lipinski definition) is 5. The van der Waals surface area contributed by atoms with Crippen LogP contribution in [0.2, 0.25) is 5.02 Å². The fraction of sp³-hybridized carbons (Fsp3) is 0.333. The Hall–Kier alpha value is -2.57. The van der Waals surface area contributed by atoms with Gasteiger partial charge in [-0.3, -0.25) is 4.79 Å². The molecule has 1 amide bonds. The lowest BCUT2D eigenvalue weighted by atomic mass is 9.92. The van der Waals surface area contributed by atoms with Crippen molar-refractivity contribution in [1.29, 1.82) is 0 Å². The number of amides is 1. The number of benzene rings is 2. The molecule has 2 aromatic carbocycles. The quantitative estimate of drug-likeness (QED) is 0.709. The van der Waals surface area contributed by atoms with E-state index in [9.17, 15) is 4.79 Å². The van der Waals surface area contributed by atoms with E-state index in [1.165, 1.54) is 0 Å². The highest BCUT2D eigenvalue weighted by molar-refractivity contribution is 6.33. The first-order valence-electron chi connectivity index (χ1n) is 8.99. The van der Waals surface area contributed by atoms with Crippen LogP contribution in [0.3, 0.4) is 0 Å². The monoisotopic (exact) mass is 402 g/mol. The van der Waals surface area contributed by atoms with Crippen molar-refractivity contribution < 1.29 is 19.0 Å². The van der Waals surface area contributed by atoms with Crippen LogP contribution < -0.4 is 14.9 Å². The number of ether oxygens (including phenoxy) is 3. The van der Waals surface area contributed by atoms with E-state index >= 15 is 0 Å². The Morgan fingerprint density at radius 1 is 1.21 bits per heavy atom. The van der Waals surface area contributed by atoms with Gasteiger partial charge in [0.05, 0.1) is 10.7 Å².